The van der Waals surface area contributed by atoms with Crippen LogP contribution in [0.15, 0.2) is 59.1 Å². The zero-order valence-electron chi connectivity index (χ0n) is 11.7. The number of nitrogens with zero attached hydrogens (tertiary/aromatic N) is 1. The van der Waals surface area contributed by atoms with E-state index in [9.17, 15) is 0 Å². The highest BCUT2D eigenvalue weighted by Gasteiger charge is 2.14. The van der Waals surface area contributed by atoms with E-state index in [1.165, 1.54) is 21.0 Å². The highest BCUT2D eigenvalue weighted by Crippen LogP contribution is 2.34. The molecule has 1 heterocycles. The van der Waals surface area contributed by atoms with E-state index in [1.807, 2.05) is 12.1 Å². The first kappa shape index (κ1) is 14.7. The van der Waals surface area contributed by atoms with Gasteiger partial charge in [-0.3, -0.25) is 4.98 Å². The van der Waals surface area contributed by atoms with Crippen LogP contribution in [0.1, 0.15) is 21.6 Å². The van der Waals surface area contributed by atoms with Gasteiger partial charge in [0, 0.05) is 26.8 Å². The van der Waals surface area contributed by atoms with Gasteiger partial charge in [-0.1, -0.05) is 74.3 Å². The maximum atomic E-state index is 4.75. The highest BCUT2D eigenvalue weighted by atomic mass is 79.9. The van der Waals surface area contributed by atoms with Gasteiger partial charge in [0.2, 0.25) is 0 Å². The number of pyridine rings is 1. The summed E-state index contributed by atoms with van der Waals surface area (Å²) in [6.07, 6.45) is 0.868. The van der Waals surface area contributed by atoms with Gasteiger partial charge in [-0.15, -0.1) is 0 Å². The Morgan fingerprint density at radius 1 is 1.00 bits per heavy atom. The molecule has 0 aliphatic carbocycles. The number of para-hydroxylation sites is 1. The van der Waals surface area contributed by atoms with Crippen LogP contribution in [-0.4, -0.2) is 4.98 Å². The normalized spacial score (nSPS) is 12.5. The average Bonchev–Trinajstić information content (AvgIpc) is 2.50. The number of fused-ring (bicyclic) bond motifs is 1. The third-order valence-electron chi connectivity index (χ3n) is 3.60. The van der Waals surface area contributed by atoms with Crippen molar-refractivity contribution >= 4 is 42.8 Å². The Bertz CT molecular complexity index is 783. The molecule has 106 valence electrons. The summed E-state index contributed by atoms with van der Waals surface area (Å²) in [7, 11) is 0. The van der Waals surface area contributed by atoms with Crippen LogP contribution >= 0.6 is 31.9 Å². The fraction of sp³-hybridized carbons (Fsp3) is 0.167. The fourth-order valence-corrected chi connectivity index (χ4v) is 3.99. The first-order valence-electron chi connectivity index (χ1n) is 6.89. The van der Waals surface area contributed by atoms with Crippen molar-refractivity contribution in [1.82, 2.24) is 4.98 Å². The molecule has 1 atom stereocenters. The number of halogens is 2. The van der Waals surface area contributed by atoms with Gasteiger partial charge in [0.25, 0.3) is 0 Å². The molecule has 0 aliphatic heterocycles. The van der Waals surface area contributed by atoms with Gasteiger partial charge in [0.1, 0.15) is 0 Å². The van der Waals surface area contributed by atoms with E-state index >= 15 is 0 Å². The van der Waals surface area contributed by atoms with Crippen LogP contribution in [0.4, 0.5) is 0 Å². The number of aromatic nitrogens is 1. The monoisotopic (exact) mass is 403 g/mol. The predicted molar refractivity (Wildman–Crippen MR) is 96.0 cm³/mol. The molecule has 0 N–H and O–H groups in total. The van der Waals surface area contributed by atoms with E-state index in [-0.39, 0.29) is 4.83 Å². The van der Waals surface area contributed by atoms with E-state index in [4.69, 9.17) is 4.98 Å². The minimum atomic E-state index is 0.250. The van der Waals surface area contributed by atoms with E-state index in [0.29, 0.717) is 0 Å². The first-order valence-corrected chi connectivity index (χ1v) is 8.60. The molecule has 0 bridgehead atoms. The third kappa shape index (κ3) is 3.19. The molecule has 1 nitrogen and oxygen atoms in total. The number of benzene rings is 2. The summed E-state index contributed by atoms with van der Waals surface area (Å²) < 4.78 is 1.17. The number of alkyl halides is 1. The van der Waals surface area contributed by atoms with Gasteiger partial charge >= 0.3 is 0 Å². The van der Waals surface area contributed by atoms with Crippen LogP contribution in [0.25, 0.3) is 10.9 Å². The molecule has 3 aromatic rings. The standard InChI is InChI=1S/C18H15Br2N/c1-12-5-4-7-15(18(12)20)16(19)11-14-10-9-13-6-2-3-8-17(13)21-14/h2-10,16H,11H2,1H3. The Balaban J connectivity index is 1.89. The second kappa shape index (κ2) is 6.29. The summed E-state index contributed by atoms with van der Waals surface area (Å²) in [4.78, 5) is 5.00. The van der Waals surface area contributed by atoms with Crippen LogP contribution in [0, 0.1) is 6.92 Å². The fourth-order valence-electron chi connectivity index (χ4n) is 2.43. The molecule has 3 rings (SSSR count). The average molecular weight is 405 g/mol. The van der Waals surface area contributed by atoms with Gasteiger partial charge in [0.15, 0.2) is 0 Å². The maximum Gasteiger partial charge on any atom is 0.0705 e. The minimum absolute atomic E-state index is 0.250. The smallest absolute Gasteiger partial charge is 0.0705 e. The largest absolute Gasteiger partial charge is 0.253 e. The molecule has 0 aliphatic rings. The number of hydrogen-bond acceptors (Lipinski definition) is 1. The highest BCUT2D eigenvalue weighted by molar-refractivity contribution is 9.11. The van der Waals surface area contributed by atoms with Crippen molar-refractivity contribution in [3.63, 3.8) is 0 Å². The van der Waals surface area contributed by atoms with Crippen molar-refractivity contribution < 1.29 is 0 Å². The van der Waals surface area contributed by atoms with Crippen molar-refractivity contribution in [3.8, 4) is 0 Å². The van der Waals surface area contributed by atoms with E-state index < -0.39 is 0 Å². The second-order valence-electron chi connectivity index (χ2n) is 5.15. The number of hydrogen-bond donors (Lipinski definition) is 0. The lowest BCUT2D eigenvalue weighted by Crippen LogP contribution is -1.99. The second-order valence-corrected chi connectivity index (χ2v) is 7.04. The molecule has 3 heteroatoms. The molecule has 0 amide bonds. The Kier molecular flexibility index (Phi) is 4.41. The molecule has 0 fully saturated rings. The maximum absolute atomic E-state index is 4.75. The van der Waals surface area contributed by atoms with Crippen LogP contribution < -0.4 is 0 Å². The summed E-state index contributed by atoms with van der Waals surface area (Å²) in [6.45, 7) is 2.11. The van der Waals surface area contributed by atoms with Gasteiger partial charge < -0.3 is 0 Å². The van der Waals surface area contributed by atoms with E-state index in [0.717, 1.165) is 17.6 Å². The molecule has 1 unspecified atom stereocenters. The van der Waals surface area contributed by atoms with Crippen LogP contribution in [0.3, 0.4) is 0 Å². The summed E-state index contributed by atoms with van der Waals surface area (Å²) in [6, 6.07) is 18.8. The molecule has 0 radical (unpaired) electrons. The molecule has 21 heavy (non-hydrogen) atoms. The van der Waals surface area contributed by atoms with E-state index in [2.05, 4.69) is 81.2 Å². The summed E-state index contributed by atoms with van der Waals surface area (Å²) in [5.74, 6) is 0. The Labute approximate surface area is 141 Å². The van der Waals surface area contributed by atoms with Gasteiger partial charge in [0.05, 0.1) is 5.52 Å². The van der Waals surface area contributed by atoms with Crippen LogP contribution in [0.5, 0.6) is 0 Å². The van der Waals surface area contributed by atoms with Crippen molar-refractivity contribution in [2.75, 3.05) is 0 Å². The van der Waals surface area contributed by atoms with Crippen molar-refractivity contribution in [2.24, 2.45) is 0 Å². The SMILES string of the molecule is Cc1cccc(C(Br)Cc2ccc3ccccc3n2)c1Br. The molecular formula is C18H15Br2N. The van der Waals surface area contributed by atoms with Crippen molar-refractivity contribution in [2.45, 2.75) is 18.2 Å². The zero-order valence-corrected chi connectivity index (χ0v) is 14.9. The number of aryl methyl sites for hydroxylation is 1. The Morgan fingerprint density at radius 3 is 2.67 bits per heavy atom. The summed E-state index contributed by atoms with van der Waals surface area (Å²) in [5.41, 5.74) is 4.68. The third-order valence-corrected chi connectivity index (χ3v) is 5.50. The topological polar surface area (TPSA) is 12.9 Å². The summed E-state index contributed by atoms with van der Waals surface area (Å²) in [5, 5.41) is 1.18. The van der Waals surface area contributed by atoms with Crippen molar-refractivity contribution in [3.05, 3.63) is 75.9 Å². The lowest BCUT2D eigenvalue weighted by atomic mass is 10.0. The van der Waals surface area contributed by atoms with Crippen LogP contribution in [-0.2, 0) is 6.42 Å². The Morgan fingerprint density at radius 2 is 1.81 bits per heavy atom. The molecule has 0 saturated heterocycles. The lowest BCUT2D eigenvalue weighted by Gasteiger charge is -2.13. The van der Waals surface area contributed by atoms with E-state index in [1.54, 1.807) is 0 Å². The first-order chi connectivity index (χ1) is 10.1. The molecule has 2 aromatic carbocycles. The lowest BCUT2D eigenvalue weighted by molar-refractivity contribution is 0.907. The van der Waals surface area contributed by atoms with Gasteiger partial charge in [-0.25, -0.2) is 0 Å². The van der Waals surface area contributed by atoms with Crippen LogP contribution in [0.2, 0.25) is 0 Å². The number of rotatable bonds is 3. The minimum Gasteiger partial charge on any atom is -0.253 e. The van der Waals surface area contributed by atoms with Gasteiger partial charge in [-0.2, -0.15) is 0 Å². The molecule has 1 aromatic heterocycles. The molecular weight excluding hydrogens is 390 g/mol. The molecule has 0 saturated carbocycles. The zero-order chi connectivity index (χ0) is 14.8. The van der Waals surface area contributed by atoms with Gasteiger partial charge in [-0.05, 0) is 30.2 Å². The predicted octanol–water partition coefficient (Wildman–Crippen LogP) is 5.98. The molecule has 0 spiro atoms. The van der Waals surface area contributed by atoms with Crippen molar-refractivity contribution in [1.29, 1.82) is 0 Å². The Hall–Kier alpha value is -1.19. The quantitative estimate of drug-likeness (QED) is 0.489. The summed E-state index contributed by atoms with van der Waals surface area (Å²) >= 11 is 7.49.